The summed E-state index contributed by atoms with van der Waals surface area (Å²) in [6, 6.07) is 3.66. The molecule has 0 aliphatic heterocycles. The first-order valence-corrected chi connectivity index (χ1v) is 5.15. The van der Waals surface area contributed by atoms with Crippen LogP contribution in [0.25, 0.3) is 6.08 Å². The Labute approximate surface area is 93.7 Å². The summed E-state index contributed by atoms with van der Waals surface area (Å²) in [5.41, 5.74) is 1.65. The van der Waals surface area contributed by atoms with E-state index >= 15 is 0 Å². The fraction of sp³-hybridized carbons (Fsp3) is 0.273. The van der Waals surface area contributed by atoms with Crippen LogP contribution >= 0.6 is 11.6 Å². The Morgan fingerprint density at radius 1 is 1.60 bits per heavy atom. The van der Waals surface area contributed by atoms with Crippen LogP contribution in [-0.4, -0.2) is 17.6 Å². The van der Waals surface area contributed by atoms with E-state index in [2.05, 4.69) is 4.98 Å². The monoisotopic (exact) mass is 225 g/mol. The Bertz CT molecular complexity index is 346. The number of alkyl halides is 1. The van der Waals surface area contributed by atoms with Crippen LogP contribution in [-0.2, 0) is 15.4 Å². The fourth-order valence-electron chi connectivity index (χ4n) is 0.968. The highest BCUT2D eigenvalue weighted by atomic mass is 35.5. The normalized spacial score (nSPS) is 10.5. The van der Waals surface area contributed by atoms with E-state index in [0.29, 0.717) is 12.5 Å². The lowest BCUT2D eigenvalue weighted by molar-refractivity contribution is -0.137. The van der Waals surface area contributed by atoms with Crippen molar-refractivity contribution in [3.8, 4) is 0 Å². The number of aromatic nitrogens is 1. The van der Waals surface area contributed by atoms with Crippen LogP contribution in [0.15, 0.2) is 24.4 Å². The van der Waals surface area contributed by atoms with Gasteiger partial charge in [0.25, 0.3) is 0 Å². The number of hydrogen-bond acceptors (Lipinski definition) is 3. The molecule has 80 valence electrons. The van der Waals surface area contributed by atoms with Crippen molar-refractivity contribution in [1.29, 1.82) is 0 Å². The van der Waals surface area contributed by atoms with Gasteiger partial charge in [-0.2, -0.15) is 0 Å². The van der Waals surface area contributed by atoms with Crippen molar-refractivity contribution in [2.45, 2.75) is 12.8 Å². The van der Waals surface area contributed by atoms with Gasteiger partial charge in [-0.15, -0.1) is 11.6 Å². The maximum absolute atomic E-state index is 11.0. The number of esters is 1. The number of carbonyl (C=O) groups excluding carboxylic acids is 1. The summed E-state index contributed by atoms with van der Waals surface area (Å²) in [7, 11) is 0. The predicted molar refractivity (Wildman–Crippen MR) is 59.5 cm³/mol. The van der Waals surface area contributed by atoms with Crippen molar-refractivity contribution in [3.63, 3.8) is 0 Å². The smallest absolute Gasteiger partial charge is 0.330 e. The van der Waals surface area contributed by atoms with Gasteiger partial charge in [0.1, 0.15) is 0 Å². The number of hydrogen-bond donors (Lipinski definition) is 0. The van der Waals surface area contributed by atoms with Crippen LogP contribution in [0.2, 0.25) is 0 Å². The second-order valence-electron chi connectivity index (χ2n) is 2.80. The van der Waals surface area contributed by atoms with Gasteiger partial charge >= 0.3 is 5.97 Å². The average molecular weight is 226 g/mol. The maximum atomic E-state index is 11.0. The van der Waals surface area contributed by atoms with E-state index in [4.69, 9.17) is 16.3 Å². The molecule has 3 nitrogen and oxygen atoms in total. The fourth-order valence-corrected chi connectivity index (χ4v) is 1.13. The Morgan fingerprint density at radius 2 is 2.40 bits per heavy atom. The molecular weight excluding hydrogens is 214 g/mol. The second-order valence-corrected chi connectivity index (χ2v) is 3.07. The van der Waals surface area contributed by atoms with Gasteiger partial charge in [0.2, 0.25) is 0 Å². The molecule has 0 aromatic carbocycles. The van der Waals surface area contributed by atoms with E-state index < -0.39 is 0 Å². The maximum Gasteiger partial charge on any atom is 0.330 e. The molecule has 0 aliphatic rings. The molecule has 1 heterocycles. The zero-order valence-corrected chi connectivity index (χ0v) is 9.20. The van der Waals surface area contributed by atoms with Crippen LogP contribution in [0.1, 0.15) is 18.2 Å². The van der Waals surface area contributed by atoms with Gasteiger partial charge in [0, 0.05) is 12.3 Å². The van der Waals surface area contributed by atoms with Gasteiger partial charge in [-0.3, -0.25) is 4.98 Å². The molecule has 1 rings (SSSR count). The van der Waals surface area contributed by atoms with E-state index in [0.717, 1.165) is 11.3 Å². The summed E-state index contributed by atoms with van der Waals surface area (Å²) in [5, 5.41) is 0. The third-order valence-corrected chi connectivity index (χ3v) is 1.96. The molecule has 0 atom stereocenters. The van der Waals surface area contributed by atoms with Crippen molar-refractivity contribution in [3.05, 3.63) is 35.7 Å². The van der Waals surface area contributed by atoms with Crippen molar-refractivity contribution >= 4 is 23.6 Å². The number of carbonyl (C=O) groups is 1. The number of rotatable bonds is 4. The zero-order chi connectivity index (χ0) is 11.1. The standard InChI is InChI=1S/C11H12ClNO2/c1-2-15-11(14)6-4-9-3-5-10(7-12)13-8-9/h3-6,8H,2,7H2,1H3/b6-4+. The van der Waals surface area contributed by atoms with Crippen molar-refractivity contribution in [2.24, 2.45) is 0 Å². The minimum absolute atomic E-state index is 0.348. The van der Waals surface area contributed by atoms with Crippen molar-refractivity contribution in [2.75, 3.05) is 6.61 Å². The van der Waals surface area contributed by atoms with Gasteiger partial charge in [-0.25, -0.2) is 4.79 Å². The number of halogens is 1. The van der Waals surface area contributed by atoms with Crippen LogP contribution in [0.3, 0.4) is 0 Å². The molecule has 4 heteroatoms. The third kappa shape index (κ3) is 4.13. The van der Waals surface area contributed by atoms with Crippen LogP contribution in [0.4, 0.5) is 0 Å². The van der Waals surface area contributed by atoms with Crippen molar-refractivity contribution in [1.82, 2.24) is 4.98 Å². The average Bonchev–Trinajstić information content (AvgIpc) is 2.27. The molecule has 0 radical (unpaired) electrons. The first-order valence-electron chi connectivity index (χ1n) is 4.62. The third-order valence-electron chi connectivity index (χ3n) is 1.68. The first-order chi connectivity index (χ1) is 7.26. The zero-order valence-electron chi connectivity index (χ0n) is 8.44. The molecule has 0 fully saturated rings. The molecule has 0 saturated heterocycles. The van der Waals surface area contributed by atoms with Crippen molar-refractivity contribution < 1.29 is 9.53 Å². The number of ether oxygens (including phenoxy) is 1. The van der Waals surface area contributed by atoms with E-state index in [1.807, 2.05) is 12.1 Å². The molecule has 0 unspecified atom stereocenters. The van der Waals surface area contributed by atoms with Crippen LogP contribution in [0.5, 0.6) is 0 Å². The number of pyridine rings is 1. The highest BCUT2D eigenvalue weighted by Gasteiger charge is 1.95. The van der Waals surface area contributed by atoms with E-state index in [1.54, 1.807) is 19.2 Å². The molecule has 0 saturated carbocycles. The minimum Gasteiger partial charge on any atom is -0.463 e. The lowest BCUT2D eigenvalue weighted by Gasteiger charge is -1.96. The summed E-state index contributed by atoms with van der Waals surface area (Å²) in [4.78, 5) is 15.1. The summed E-state index contributed by atoms with van der Waals surface area (Å²) >= 11 is 5.59. The highest BCUT2D eigenvalue weighted by Crippen LogP contribution is 2.04. The van der Waals surface area contributed by atoms with E-state index in [-0.39, 0.29) is 5.97 Å². The van der Waals surface area contributed by atoms with E-state index in [1.165, 1.54) is 6.08 Å². The SMILES string of the molecule is CCOC(=O)/C=C/c1ccc(CCl)nc1. The molecule has 0 bridgehead atoms. The lowest BCUT2D eigenvalue weighted by Crippen LogP contribution is -1.98. The molecule has 0 aliphatic carbocycles. The summed E-state index contributed by atoms with van der Waals surface area (Å²) in [5.74, 6) is 0.0425. The summed E-state index contributed by atoms with van der Waals surface area (Å²) < 4.78 is 4.74. The van der Waals surface area contributed by atoms with Crippen LogP contribution in [0, 0.1) is 0 Å². The van der Waals surface area contributed by atoms with Gasteiger partial charge < -0.3 is 4.74 Å². The topological polar surface area (TPSA) is 39.2 Å². The molecule has 0 spiro atoms. The van der Waals surface area contributed by atoms with Gasteiger partial charge in [0.05, 0.1) is 18.2 Å². The Balaban J connectivity index is 2.60. The molecule has 1 aromatic rings. The van der Waals surface area contributed by atoms with Crippen LogP contribution < -0.4 is 0 Å². The summed E-state index contributed by atoms with van der Waals surface area (Å²) in [6.07, 6.45) is 4.69. The second kappa shape index (κ2) is 6.19. The van der Waals surface area contributed by atoms with Gasteiger partial charge in [-0.1, -0.05) is 6.07 Å². The molecule has 1 aromatic heterocycles. The summed E-state index contributed by atoms with van der Waals surface area (Å²) in [6.45, 7) is 2.15. The molecule has 0 N–H and O–H groups in total. The Kier molecular flexibility index (Phi) is 4.84. The first kappa shape index (κ1) is 11.7. The van der Waals surface area contributed by atoms with E-state index in [9.17, 15) is 4.79 Å². The molecule has 0 amide bonds. The lowest BCUT2D eigenvalue weighted by atomic mass is 10.2. The Morgan fingerprint density at radius 3 is 2.93 bits per heavy atom. The minimum atomic E-state index is -0.348. The van der Waals surface area contributed by atoms with Gasteiger partial charge in [-0.05, 0) is 24.6 Å². The molecular formula is C11H12ClNO2. The van der Waals surface area contributed by atoms with Gasteiger partial charge in [0.15, 0.2) is 0 Å². The predicted octanol–water partition coefficient (Wildman–Crippen LogP) is 2.40. The Hall–Kier alpha value is -1.35. The number of nitrogens with zero attached hydrogens (tertiary/aromatic N) is 1. The molecule has 15 heavy (non-hydrogen) atoms. The largest absolute Gasteiger partial charge is 0.463 e. The quantitative estimate of drug-likeness (QED) is 0.449. The highest BCUT2D eigenvalue weighted by molar-refractivity contribution is 6.16.